The van der Waals surface area contributed by atoms with E-state index in [1.165, 1.54) is 15.9 Å². The van der Waals surface area contributed by atoms with Crippen LogP contribution in [0.5, 0.6) is 0 Å². The number of rotatable bonds is 22. The molecule has 2 aromatic heterocycles. The van der Waals surface area contributed by atoms with Crippen LogP contribution in [0, 0.1) is 0 Å². The monoisotopic (exact) mass is 759 g/mol. The van der Waals surface area contributed by atoms with E-state index < -0.39 is 27.0 Å². The summed E-state index contributed by atoms with van der Waals surface area (Å²) < 4.78 is 48.5. The number of hydrogen-bond acceptors (Lipinski definition) is 21. The Morgan fingerprint density at radius 3 is 1.88 bits per heavy atom. The molecule has 0 aliphatic heterocycles. The summed E-state index contributed by atoms with van der Waals surface area (Å²) in [5.74, 6) is -0.420. The van der Waals surface area contributed by atoms with E-state index in [-0.39, 0.29) is 159 Å². The van der Waals surface area contributed by atoms with Crippen molar-refractivity contribution in [3.8, 4) is 0 Å². The molecular formula is C25H35N11Na2O10S2. The molecule has 0 fully saturated rings. The quantitative estimate of drug-likeness (QED) is 0.0204. The maximum absolute atomic E-state index is 11.7. The third kappa shape index (κ3) is 15.5. The summed E-state index contributed by atoms with van der Waals surface area (Å²) in [7, 11) is -4.51. The van der Waals surface area contributed by atoms with E-state index in [2.05, 4.69) is 57.1 Å². The van der Waals surface area contributed by atoms with Gasteiger partial charge in [-0.3, -0.25) is 0 Å². The molecule has 0 aliphatic rings. The van der Waals surface area contributed by atoms with Crippen molar-refractivity contribution in [2.45, 2.75) is 0 Å². The van der Waals surface area contributed by atoms with Crippen LogP contribution in [0.25, 0.3) is 0 Å². The van der Waals surface area contributed by atoms with E-state index in [4.69, 9.17) is 0 Å². The van der Waals surface area contributed by atoms with Gasteiger partial charge in [-0.15, -0.1) is 0 Å². The number of aromatic nitrogens is 5. The summed E-state index contributed by atoms with van der Waals surface area (Å²) in [4.78, 5) is 24.5. The number of anilines is 8. The van der Waals surface area contributed by atoms with Crippen molar-refractivity contribution in [1.82, 2.24) is 24.9 Å². The fourth-order valence-corrected chi connectivity index (χ4v) is 4.54. The minimum absolute atomic E-state index is 0. The van der Waals surface area contributed by atoms with Crippen molar-refractivity contribution in [2.24, 2.45) is 0 Å². The second-order valence-electron chi connectivity index (χ2n) is 9.46. The first-order chi connectivity index (χ1) is 23.0. The molecule has 0 radical (unpaired) electrons. The van der Waals surface area contributed by atoms with Crippen LogP contribution < -0.4 is 95.4 Å². The largest absolute Gasteiger partial charge is 1.00 e. The van der Waals surface area contributed by atoms with E-state index >= 15 is 0 Å². The zero-order chi connectivity index (χ0) is 35.1. The maximum Gasteiger partial charge on any atom is 1.00 e. The molecule has 0 spiro atoms. The van der Waals surface area contributed by atoms with Crippen molar-refractivity contribution >= 4 is 68.0 Å². The van der Waals surface area contributed by atoms with E-state index in [9.17, 15) is 42.9 Å². The normalized spacial score (nSPS) is 11.4. The number of aliphatic hydroxyl groups excluding tert-OH is 4. The summed E-state index contributed by atoms with van der Waals surface area (Å²) in [6, 6.07) is 8.11. The van der Waals surface area contributed by atoms with Gasteiger partial charge >= 0.3 is 59.1 Å². The first kappa shape index (κ1) is 45.7. The van der Waals surface area contributed by atoms with Crippen LogP contribution in [0.2, 0.25) is 0 Å². The van der Waals surface area contributed by atoms with Gasteiger partial charge in [0, 0.05) is 50.2 Å². The zero-order valence-electron chi connectivity index (χ0n) is 27.4. The molecule has 21 nitrogen and oxygen atoms in total. The fraction of sp³-hybridized carbons (Fsp3) is 0.400. The van der Waals surface area contributed by atoms with E-state index in [0.717, 1.165) is 0 Å². The number of benzene rings is 1. The number of nitrogens with one attached hydrogen (secondary N) is 4. The Kier molecular flexibility index (Phi) is 21.3. The van der Waals surface area contributed by atoms with E-state index in [1.54, 1.807) is 24.3 Å². The Morgan fingerprint density at radius 2 is 1.34 bits per heavy atom. The molecule has 1 atom stereocenters. The van der Waals surface area contributed by atoms with Gasteiger partial charge in [-0.1, -0.05) is 12.6 Å². The molecule has 3 rings (SSSR count). The van der Waals surface area contributed by atoms with E-state index in [0.29, 0.717) is 11.4 Å². The van der Waals surface area contributed by atoms with Crippen LogP contribution in [-0.2, 0) is 25.5 Å². The fourth-order valence-electron chi connectivity index (χ4n) is 3.92. The molecule has 0 bridgehead atoms. The van der Waals surface area contributed by atoms with Gasteiger partial charge < -0.3 is 65.6 Å². The molecule has 1 aromatic carbocycles. The average Bonchev–Trinajstić information content (AvgIpc) is 3.03. The molecule has 0 saturated carbocycles. The zero-order valence-corrected chi connectivity index (χ0v) is 33.0. The molecule has 50 heavy (non-hydrogen) atoms. The molecule has 2 heterocycles. The van der Waals surface area contributed by atoms with Crippen molar-refractivity contribution in [2.75, 3.05) is 96.0 Å². The molecule has 0 amide bonds. The van der Waals surface area contributed by atoms with Crippen LogP contribution in [0.4, 0.5) is 46.8 Å². The second-order valence-corrected chi connectivity index (χ2v) is 12.1. The molecule has 3 aromatic rings. The smallest absolute Gasteiger partial charge is 0.748 e. The van der Waals surface area contributed by atoms with Crippen molar-refractivity contribution in [3.63, 3.8) is 0 Å². The Labute approximate surface area is 334 Å². The third-order valence-corrected chi connectivity index (χ3v) is 7.27. The first-order valence-corrected chi connectivity index (χ1v) is 16.7. The third-order valence-electron chi connectivity index (χ3n) is 5.94. The van der Waals surface area contributed by atoms with Crippen LogP contribution in [0.15, 0.2) is 41.9 Å². The number of aliphatic hydroxyl groups is 4. The molecule has 264 valence electrons. The SMILES string of the molecule is C=C(Nc1cc(Nc2cccc(Nc3nc(NCCS(=O)(=O)[O-])nc(N(CCO)CCO)n3)c2)nc(N(CCO)CCO)n1)S(=O)O[O-].[Na+].[Na+]. The van der Waals surface area contributed by atoms with Gasteiger partial charge in [0.05, 0.1) is 42.3 Å². The molecular weight excluding hydrogens is 724 g/mol. The number of hydrogen-bond donors (Lipinski definition) is 8. The minimum Gasteiger partial charge on any atom is -0.748 e. The van der Waals surface area contributed by atoms with Crippen molar-refractivity contribution in [1.29, 1.82) is 0 Å². The topological polar surface area (TPSA) is 307 Å². The molecule has 0 aliphatic carbocycles. The van der Waals surface area contributed by atoms with Gasteiger partial charge in [0.2, 0.25) is 23.8 Å². The Morgan fingerprint density at radius 1 is 0.820 bits per heavy atom. The van der Waals surface area contributed by atoms with Crippen LogP contribution in [0.3, 0.4) is 0 Å². The molecule has 8 N–H and O–H groups in total. The van der Waals surface area contributed by atoms with Crippen LogP contribution in [-0.4, -0.2) is 127 Å². The summed E-state index contributed by atoms with van der Waals surface area (Å²) in [5.41, 5.74) is 0.930. The van der Waals surface area contributed by atoms with Gasteiger partial charge in [-0.05, 0) is 18.2 Å². The van der Waals surface area contributed by atoms with Gasteiger partial charge in [-0.2, -0.15) is 24.9 Å². The molecule has 0 saturated heterocycles. The standard InChI is InChI=1S/C25H37N11O10S2.2Na/c1-17(47(42)46-41)27-20-16-21(31-24(30-20)35(6-10-37)7-11-38)28-18-3-2-4-19(15-18)29-23-32-22(26-5-14-48(43,44)45)33-25(34-23)36(8-12-39)9-13-40;;/h2-4,15-16,37-41H,1,5-14H2,(H,43,44,45)(H2,27,28,30,31)(H2,26,29,32,33,34);;/q;2*+1/p-2. The Hall–Kier alpha value is -2.33. The summed E-state index contributed by atoms with van der Waals surface area (Å²) >= 11 is -2.41. The Bertz CT molecular complexity index is 1640. The Balaban J connectivity index is 0.00000625. The first-order valence-electron chi connectivity index (χ1n) is 14.1. The predicted octanol–water partition coefficient (Wildman–Crippen LogP) is -8.47. The molecule has 25 heteroatoms. The van der Waals surface area contributed by atoms with Crippen LogP contribution in [0.1, 0.15) is 0 Å². The van der Waals surface area contributed by atoms with Crippen molar-refractivity contribution < 1.29 is 106 Å². The number of nitrogens with zero attached hydrogens (tertiary/aromatic N) is 7. The van der Waals surface area contributed by atoms with Crippen LogP contribution >= 0.6 is 0 Å². The second kappa shape index (κ2) is 23.3. The average molecular weight is 760 g/mol. The summed E-state index contributed by atoms with van der Waals surface area (Å²) in [5, 5.41) is 59.6. The van der Waals surface area contributed by atoms with Gasteiger partial charge in [0.25, 0.3) is 0 Å². The van der Waals surface area contributed by atoms with Crippen molar-refractivity contribution in [3.05, 3.63) is 41.9 Å². The van der Waals surface area contributed by atoms with Gasteiger partial charge in [0.1, 0.15) is 16.7 Å². The van der Waals surface area contributed by atoms with Gasteiger partial charge in [-0.25, -0.2) is 12.6 Å². The predicted molar refractivity (Wildman–Crippen MR) is 173 cm³/mol. The summed E-state index contributed by atoms with van der Waals surface area (Å²) in [6.45, 7) is 2.38. The maximum atomic E-state index is 11.7. The van der Waals surface area contributed by atoms with Gasteiger partial charge in [0.15, 0.2) is 11.1 Å². The summed E-state index contributed by atoms with van der Waals surface area (Å²) in [6.07, 6.45) is 0. The molecule has 1 unspecified atom stereocenters. The van der Waals surface area contributed by atoms with E-state index in [1.807, 2.05) is 0 Å². The minimum atomic E-state index is -4.51.